The lowest BCUT2D eigenvalue weighted by Gasteiger charge is -2.18. The van der Waals surface area contributed by atoms with E-state index in [1.165, 1.54) is 36.0 Å². The Hall–Kier alpha value is -4.65. The molecule has 8 nitrogen and oxygen atoms in total. The summed E-state index contributed by atoms with van der Waals surface area (Å²) in [6.45, 7) is 6.80. The van der Waals surface area contributed by atoms with Gasteiger partial charge in [-0.1, -0.05) is 60.3 Å². The quantitative estimate of drug-likeness (QED) is 0.0637. The van der Waals surface area contributed by atoms with Crippen molar-refractivity contribution in [3.05, 3.63) is 129 Å². The summed E-state index contributed by atoms with van der Waals surface area (Å²) in [7, 11) is 0. The van der Waals surface area contributed by atoms with Crippen molar-refractivity contribution in [2.75, 3.05) is 0 Å². The van der Waals surface area contributed by atoms with Crippen LogP contribution in [0.4, 0.5) is 17.6 Å². The molecule has 1 aliphatic rings. The number of rotatable bonds is 10. The van der Waals surface area contributed by atoms with Gasteiger partial charge in [-0.25, -0.2) is 4.39 Å². The number of halogens is 4. The number of benzene rings is 3. The third-order valence-electron chi connectivity index (χ3n) is 8.11. The number of nitrogens with zero attached hydrogens (tertiary/aromatic N) is 7. The van der Waals surface area contributed by atoms with Gasteiger partial charge < -0.3 is 9.13 Å². The molecular weight excluding hydrogens is 655 g/mol. The van der Waals surface area contributed by atoms with Crippen molar-refractivity contribution in [3.8, 4) is 11.1 Å². The molecule has 49 heavy (non-hydrogen) atoms. The van der Waals surface area contributed by atoms with E-state index < -0.39 is 11.7 Å². The van der Waals surface area contributed by atoms with Crippen LogP contribution in [-0.2, 0) is 44.4 Å². The Balaban J connectivity index is 1.31. The largest absolute Gasteiger partial charge is 0.416 e. The molecule has 0 bridgehead atoms. The summed E-state index contributed by atoms with van der Waals surface area (Å²) in [5.74, 6) is 1.45. The standard InChI is InChI=1S/C36H35F4N7OS/c1-35(2,3)45-41-19-31-43-44-32(47(31)20-23-7-11-25(12-8-23)26-13-15-27(16-14-26)36(38,39)40)21-46-30-6-4-5-29(30)33(48)42-34(46)49-22-24-9-17-28(37)18-10-24/h7-18H,4-6,19-22H2,1-3H3. The van der Waals surface area contributed by atoms with Crippen molar-refractivity contribution < 1.29 is 17.6 Å². The van der Waals surface area contributed by atoms with Crippen LogP contribution in [-0.4, -0.2) is 29.9 Å². The SMILES string of the molecule is CC(C)(C)N=NCc1nnc(Cn2c(SCc3ccc(F)cc3)nc(=O)c3c2CCC3)n1Cc1ccc(-c2ccc(C(F)(F)F)cc2)cc1. The number of thioether (sulfide) groups is 1. The van der Waals surface area contributed by atoms with E-state index in [0.29, 0.717) is 47.6 Å². The van der Waals surface area contributed by atoms with Gasteiger partial charge in [-0.2, -0.15) is 28.4 Å². The molecule has 0 N–H and O–H groups in total. The van der Waals surface area contributed by atoms with Crippen LogP contribution in [0.25, 0.3) is 11.1 Å². The molecule has 6 rings (SSSR count). The number of alkyl halides is 3. The van der Waals surface area contributed by atoms with Gasteiger partial charge >= 0.3 is 6.18 Å². The van der Waals surface area contributed by atoms with Gasteiger partial charge in [0, 0.05) is 17.0 Å². The van der Waals surface area contributed by atoms with Gasteiger partial charge in [0.25, 0.3) is 5.56 Å². The third-order valence-corrected chi connectivity index (χ3v) is 9.16. The summed E-state index contributed by atoms with van der Waals surface area (Å²) in [4.78, 5) is 17.5. The van der Waals surface area contributed by atoms with Gasteiger partial charge in [0.05, 0.1) is 24.2 Å². The molecule has 0 radical (unpaired) electrons. The van der Waals surface area contributed by atoms with E-state index in [1.54, 1.807) is 12.1 Å². The first-order valence-corrected chi connectivity index (χ1v) is 16.9. The fraction of sp³-hybridized carbons (Fsp3) is 0.333. The maximum atomic E-state index is 13.5. The molecule has 3 aromatic carbocycles. The molecular formula is C36H35F4N7OS. The Morgan fingerprint density at radius 1 is 0.796 bits per heavy atom. The van der Waals surface area contributed by atoms with E-state index >= 15 is 0 Å². The molecule has 0 saturated carbocycles. The molecule has 254 valence electrons. The first-order chi connectivity index (χ1) is 23.3. The predicted molar refractivity (Wildman–Crippen MR) is 180 cm³/mol. The van der Waals surface area contributed by atoms with Crippen molar-refractivity contribution in [1.29, 1.82) is 0 Å². The smallest absolute Gasteiger partial charge is 0.316 e. The minimum atomic E-state index is -4.39. The van der Waals surface area contributed by atoms with Gasteiger partial charge in [0.2, 0.25) is 0 Å². The monoisotopic (exact) mass is 689 g/mol. The Morgan fingerprint density at radius 3 is 2.08 bits per heavy atom. The van der Waals surface area contributed by atoms with E-state index in [4.69, 9.17) is 0 Å². The highest BCUT2D eigenvalue weighted by molar-refractivity contribution is 7.98. The maximum Gasteiger partial charge on any atom is 0.416 e. The highest BCUT2D eigenvalue weighted by atomic mass is 32.2. The molecule has 0 aliphatic heterocycles. The first-order valence-electron chi connectivity index (χ1n) is 15.9. The second-order valence-electron chi connectivity index (χ2n) is 12.9. The average Bonchev–Trinajstić information content (AvgIpc) is 3.70. The van der Waals surface area contributed by atoms with Gasteiger partial charge in [-0.3, -0.25) is 4.79 Å². The second-order valence-corrected chi connectivity index (χ2v) is 13.9. The minimum Gasteiger partial charge on any atom is -0.316 e. The fourth-order valence-electron chi connectivity index (χ4n) is 5.67. The van der Waals surface area contributed by atoms with Crippen LogP contribution in [0.3, 0.4) is 0 Å². The molecule has 0 spiro atoms. The van der Waals surface area contributed by atoms with Crippen molar-refractivity contribution in [3.63, 3.8) is 0 Å². The zero-order valence-electron chi connectivity index (χ0n) is 27.3. The summed E-state index contributed by atoms with van der Waals surface area (Å²) in [6, 6.07) is 19.0. The molecule has 0 amide bonds. The van der Waals surface area contributed by atoms with Gasteiger partial charge in [-0.05, 0) is 86.6 Å². The van der Waals surface area contributed by atoms with E-state index in [9.17, 15) is 22.4 Å². The Bertz CT molecular complexity index is 2010. The van der Waals surface area contributed by atoms with Crippen molar-refractivity contribution in [2.45, 2.75) is 82.3 Å². The molecule has 0 atom stereocenters. The van der Waals surface area contributed by atoms with E-state index in [2.05, 4.69) is 25.4 Å². The van der Waals surface area contributed by atoms with Crippen molar-refractivity contribution in [1.82, 2.24) is 24.3 Å². The van der Waals surface area contributed by atoms with Crippen LogP contribution in [0, 0.1) is 5.82 Å². The number of azo groups is 1. The Kier molecular flexibility index (Phi) is 9.82. The fourth-order valence-corrected chi connectivity index (χ4v) is 6.63. The van der Waals surface area contributed by atoms with Crippen LogP contribution in [0.1, 0.15) is 66.8 Å². The normalized spacial score (nSPS) is 13.4. The molecule has 0 saturated heterocycles. The van der Waals surface area contributed by atoms with E-state index in [-0.39, 0.29) is 23.5 Å². The van der Waals surface area contributed by atoms with Crippen LogP contribution < -0.4 is 5.56 Å². The molecule has 0 unspecified atom stereocenters. The highest BCUT2D eigenvalue weighted by Crippen LogP contribution is 2.31. The van der Waals surface area contributed by atoms with Crippen molar-refractivity contribution >= 4 is 11.8 Å². The average molecular weight is 690 g/mol. The summed E-state index contributed by atoms with van der Waals surface area (Å²) in [6.07, 6.45) is -2.13. The topological polar surface area (TPSA) is 90.3 Å². The minimum absolute atomic E-state index is 0.209. The molecule has 1 aliphatic carbocycles. The lowest BCUT2D eigenvalue weighted by Crippen LogP contribution is -2.23. The maximum absolute atomic E-state index is 13.5. The molecule has 13 heteroatoms. The van der Waals surface area contributed by atoms with Gasteiger partial charge in [-0.15, -0.1) is 10.2 Å². The number of fused-ring (bicyclic) bond motifs is 1. The lowest BCUT2D eigenvalue weighted by molar-refractivity contribution is -0.137. The summed E-state index contributed by atoms with van der Waals surface area (Å²) in [5, 5.41) is 18.4. The Morgan fingerprint density at radius 2 is 1.43 bits per heavy atom. The first kappa shape index (κ1) is 34.2. The summed E-state index contributed by atoms with van der Waals surface area (Å²) in [5.41, 5.74) is 3.69. The number of hydrogen-bond acceptors (Lipinski definition) is 7. The zero-order chi connectivity index (χ0) is 34.8. The molecule has 0 fully saturated rings. The summed E-state index contributed by atoms with van der Waals surface area (Å²) < 4.78 is 56.7. The van der Waals surface area contributed by atoms with E-state index in [1.807, 2.05) is 54.2 Å². The summed E-state index contributed by atoms with van der Waals surface area (Å²) >= 11 is 1.42. The van der Waals surface area contributed by atoms with Crippen LogP contribution in [0.5, 0.6) is 0 Å². The second kappa shape index (κ2) is 14.1. The van der Waals surface area contributed by atoms with Crippen LogP contribution >= 0.6 is 11.8 Å². The van der Waals surface area contributed by atoms with Crippen molar-refractivity contribution in [2.24, 2.45) is 10.2 Å². The number of hydrogen-bond donors (Lipinski definition) is 0. The lowest BCUT2D eigenvalue weighted by atomic mass is 10.0. The Labute approximate surface area is 285 Å². The van der Waals surface area contributed by atoms with E-state index in [0.717, 1.165) is 52.9 Å². The molecule has 2 aromatic heterocycles. The zero-order valence-corrected chi connectivity index (χ0v) is 28.2. The molecule has 5 aromatic rings. The van der Waals surface area contributed by atoms with Gasteiger partial charge in [0.15, 0.2) is 16.8 Å². The third kappa shape index (κ3) is 8.33. The molecule has 2 heterocycles. The van der Waals surface area contributed by atoms with Crippen LogP contribution in [0.15, 0.2) is 93.0 Å². The predicted octanol–water partition coefficient (Wildman–Crippen LogP) is 8.29. The number of aromatic nitrogens is 5. The van der Waals surface area contributed by atoms with Gasteiger partial charge in [0.1, 0.15) is 12.4 Å². The van der Waals surface area contributed by atoms with Crippen LogP contribution in [0.2, 0.25) is 0 Å². The highest BCUT2D eigenvalue weighted by Gasteiger charge is 2.30.